The minimum absolute atomic E-state index is 0.0462. The van der Waals surface area contributed by atoms with Gasteiger partial charge in [0.2, 0.25) is 17.7 Å². The quantitative estimate of drug-likeness (QED) is 0.747. The maximum absolute atomic E-state index is 12.5. The summed E-state index contributed by atoms with van der Waals surface area (Å²) in [6.45, 7) is 2.40. The molecule has 25 heavy (non-hydrogen) atoms. The molecule has 2 aliphatic rings. The van der Waals surface area contributed by atoms with Gasteiger partial charge in [-0.2, -0.15) is 0 Å². The van der Waals surface area contributed by atoms with Gasteiger partial charge in [-0.1, -0.05) is 18.2 Å². The van der Waals surface area contributed by atoms with Gasteiger partial charge in [-0.3, -0.25) is 14.4 Å². The van der Waals surface area contributed by atoms with Crippen LogP contribution in [0.5, 0.6) is 0 Å². The van der Waals surface area contributed by atoms with Crippen molar-refractivity contribution in [3.05, 3.63) is 35.5 Å². The van der Waals surface area contributed by atoms with Crippen LogP contribution in [0.3, 0.4) is 0 Å². The van der Waals surface area contributed by atoms with Gasteiger partial charge in [-0.05, 0) is 25.0 Å². The van der Waals surface area contributed by atoms with Crippen LogP contribution in [0.4, 0.5) is 0 Å². The van der Waals surface area contributed by atoms with E-state index < -0.39 is 6.04 Å². The van der Waals surface area contributed by atoms with Crippen molar-refractivity contribution in [2.75, 3.05) is 13.1 Å². The fourth-order valence-corrected chi connectivity index (χ4v) is 3.85. The number of carbonyl (C=O) groups is 3. The van der Waals surface area contributed by atoms with Crippen molar-refractivity contribution in [3.8, 4) is 0 Å². The fourth-order valence-electron chi connectivity index (χ4n) is 3.85. The van der Waals surface area contributed by atoms with Crippen LogP contribution in [0.15, 0.2) is 24.3 Å². The van der Waals surface area contributed by atoms with Crippen LogP contribution < -0.4 is 10.6 Å². The molecule has 1 aromatic carbocycles. The van der Waals surface area contributed by atoms with Gasteiger partial charge in [0.1, 0.15) is 6.04 Å². The first-order valence-electron chi connectivity index (χ1n) is 8.45. The highest BCUT2D eigenvalue weighted by Crippen LogP contribution is 2.23. The highest BCUT2D eigenvalue weighted by molar-refractivity contribution is 5.95. The predicted molar refractivity (Wildman–Crippen MR) is 91.8 cm³/mol. The molecule has 0 bridgehead atoms. The number of nitrogens with one attached hydrogen (secondary N) is 3. The van der Waals surface area contributed by atoms with E-state index in [0.29, 0.717) is 13.0 Å². The highest BCUT2D eigenvalue weighted by atomic mass is 16.2. The Hall–Kier alpha value is -2.83. The number of amides is 3. The van der Waals surface area contributed by atoms with Gasteiger partial charge in [-0.15, -0.1) is 0 Å². The van der Waals surface area contributed by atoms with Crippen molar-refractivity contribution in [1.82, 2.24) is 20.5 Å². The molecular weight excluding hydrogens is 320 g/mol. The number of rotatable bonds is 3. The number of nitrogens with zero attached hydrogens (tertiary/aromatic N) is 1. The number of aryl methyl sites for hydroxylation is 1. The lowest BCUT2D eigenvalue weighted by Gasteiger charge is -2.28. The summed E-state index contributed by atoms with van der Waals surface area (Å²) in [6, 6.07) is 7.26. The Morgan fingerprint density at radius 3 is 2.92 bits per heavy atom. The van der Waals surface area contributed by atoms with Crippen molar-refractivity contribution in [2.45, 2.75) is 31.8 Å². The van der Waals surface area contributed by atoms with Gasteiger partial charge < -0.3 is 20.5 Å². The fraction of sp³-hybridized carbons (Fsp3) is 0.389. The number of benzene rings is 1. The normalized spacial score (nSPS) is 22.8. The molecule has 2 fully saturated rings. The smallest absolute Gasteiger partial charge is 0.243 e. The first-order valence-corrected chi connectivity index (χ1v) is 8.45. The first kappa shape index (κ1) is 15.7. The van der Waals surface area contributed by atoms with Gasteiger partial charge in [0, 0.05) is 29.2 Å². The van der Waals surface area contributed by atoms with E-state index in [1.165, 1.54) is 0 Å². The number of carbonyl (C=O) groups excluding carboxylic acids is 3. The van der Waals surface area contributed by atoms with E-state index in [0.717, 1.165) is 22.2 Å². The summed E-state index contributed by atoms with van der Waals surface area (Å²) >= 11 is 0. The monoisotopic (exact) mass is 340 g/mol. The Morgan fingerprint density at radius 1 is 1.32 bits per heavy atom. The third kappa shape index (κ3) is 2.75. The number of para-hydroxylation sites is 1. The van der Waals surface area contributed by atoms with E-state index in [9.17, 15) is 14.4 Å². The lowest BCUT2D eigenvalue weighted by atomic mass is 10.1. The van der Waals surface area contributed by atoms with Crippen LogP contribution in [0, 0.1) is 6.92 Å². The van der Waals surface area contributed by atoms with Crippen LogP contribution in [-0.4, -0.2) is 52.8 Å². The van der Waals surface area contributed by atoms with Gasteiger partial charge >= 0.3 is 0 Å². The molecule has 2 aromatic rings. The standard InChI is InChI=1S/C18H20N4O3/c1-10-13(12-4-2-3-5-14(12)20-10)7-16(23)21-11-6-15-18(25)19-8-17(24)22(15)9-11/h2-5,11,15,20H,6-9H2,1H3,(H,19,25)(H,21,23)/t11-,15+/m1/s1. The van der Waals surface area contributed by atoms with Crippen molar-refractivity contribution >= 4 is 28.6 Å². The molecule has 0 radical (unpaired) electrons. The third-order valence-corrected chi connectivity index (χ3v) is 5.07. The summed E-state index contributed by atoms with van der Waals surface area (Å²) < 4.78 is 0. The molecule has 2 atom stereocenters. The van der Waals surface area contributed by atoms with Gasteiger partial charge in [0.05, 0.1) is 13.0 Å². The molecule has 3 N–H and O–H groups in total. The summed E-state index contributed by atoms with van der Waals surface area (Å²) in [4.78, 5) is 41.1. The summed E-state index contributed by atoms with van der Waals surface area (Å²) in [7, 11) is 0. The molecule has 7 nitrogen and oxygen atoms in total. The SMILES string of the molecule is Cc1[nH]c2ccccc2c1CC(=O)N[C@@H]1C[C@H]2C(=O)NCC(=O)N2C1. The molecule has 0 saturated carbocycles. The molecule has 2 saturated heterocycles. The molecule has 4 rings (SSSR count). The molecule has 0 aliphatic carbocycles. The molecule has 7 heteroatoms. The zero-order chi connectivity index (χ0) is 17.6. The number of fused-ring (bicyclic) bond motifs is 2. The third-order valence-electron chi connectivity index (χ3n) is 5.07. The van der Waals surface area contributed by atoms with Crippen LogP contribution >= 0.6 is 0 Å². The Labute approximate surface area is 144 Å². The second-order valence-electron chi connectivity index (χ2n) is 6.73. The van der Waals surface area contributed by atoms with Crippen LogP contribution in [0.2, 0.25) is 0 Å². The summed E-state index contributed by atoms with van der Waals surface area (Å²) in [5.74, 6) is -0.316. The van der Waals surface area contributed by atoms with Crippen molar-refractivity contribution in [1.29, 1.82) is 0 Å². The molecule has 0 unspecified atom stereocenters. The van der Waals surface area contributed by atoms with E-state index in [2.05, 4.69) is 15.6 Å². The maximum Gasteiger partial charge on any atom is 0.243 e. The molecular formula is C18H20N4O3. The highest BCUT2D eigenvalue weighted by Gasteiger charge is 2.42. The largest absolute Gasteiger partial charge is 0.358 e. The van der Waals surface area contributed by atoms with Gasteiger partial charge in [0.25, 0.3) is 0 Å². The summed E-state index contributed by atoms with van der Waals surface area (Å²) in [6.07, 6.45) is 0.743. The average Bonchev–Trinajstić information content (AvgIpc) is 3.14. The second kappa shape index (κ2) is 5.91. The molecule has 0 spiro atoms. The second-order valence-corrected chi connectivity index (χ2v) is 6.73. The number of piperazine rings is 1. The van der Waals surface area contributed by atoms with E-state index in [1.54, 1.807) is 4.90 Å². The van der Waals surface area contributed by atoms with Crippen LogP contribution in [0.25, 0.3) is 10.9 Å². The summed E-state index contributed by atoms with van der Waals surface area (Å²) in [5.41, 5.74) is 2.98. The van der Waals surface area contributed by atoms with E-state index in [-0.39, 0.29) is 36.7 Å². The van der Waals surface area contributed by atoms with E-state index in [4.69, 9.17) is 0 Å². The molecule has 3 heterocycles. The molecule has 2 aliphatic heterocycles. The van der Waals surface area contributed by atoms with Crippen molar-refractivity contribution in [3.63, 3.8) is 0 Å². The topological polar surface area (TPSA) is 94.3 Å². The molecule has 1 aromatic heterocycles. The lowest BCUT2D eigenvalue weighted by Crippen LogP contribution is -2.55. The number of aromatic amines is 1. The van der Waals surface area contributed by atoms with Gasteiger partial charge in [0.15, 0.2) is 0 Å². The van der Waals surface area contributed by atoms with Crippen LogP contribution in [-0.2, 0) is 20.8 Å². The predicted octanol–water partition coefficient (Wildman–Crippen LogP) is 0.234. The first-order chi connectivity index (χ1) is 12.0. The molecule has 3 amide bonds. The Balaban J connectivity index is 1.45. The Bertz CT molecular complexity index is 848. The summed E-state index contributed by atoms with van der Waals surface area (Å²) in [5, 5.41) is 6.62. The van der Waals surface area contributed by atoms with Gasteiger partial charge in [-0.25, -0.2) is 0 Å². The van der Waals surface area contributed by atoms with Crippen molar-refractivity contribution in [2.24, 2.45) is 0 Å². The zero-order valence-corrected chi connectivity index (χ0v) is 14.0. The Morgan fingerprint density at radius 2 is 2.12 bits per heavy atom. The maximum atomic E-state index is 12.5. The zero-order valence-electron chi connectivity index (χ0n) is 14.0. The van der Waals surface area contributed by atoms with Crippen LogP contribution in [0.1, 0.15) is 17.7 Å². The number of aromatic nitrogens is 1. The average molecular weight is 340 g/mol. The Kier molecular flexibility index (Phi) is 3.71. The number of H-pyrrole nitrogens is 1. The lowest BCUT2D eigenvalue weighted by molar-refractivity contribution is -0.143. The van der Waals surface area contributed by atoms with E-state index in [1.807, 2.05) is 31.2 Å². The molecule has 130 valence electrons. The van der Waals surface area contributed by atoms with E-state index >= 15 is 0 Å². The van der Waals surface area contributed by atoms with Crippen molar-refractivity contribution < 1.29 is 14.4 Å². The minimum Gasteiger partial charge on any atom is -0.358 e. The minimum atomic E-state index is -0.457. The number of hydrogen-bond donors (Lipinski definition) is 3. The number of hydrogen-bond acceptors (Lipinski definition) is 3.